The first kappa shape index (κ1) is 23.8. The molecule has 1 fully saturated rings. The summed E-state index contributed by atoms with van der Waals surface area (Å²) in [6.07, 6.45) is 6.00. The van der Waals surface area contributed by atoms with Gasteiger partial charge in [0.2, 0.25) is 0 Å². The first-order valence-electron chi connectivity index (χ1n) is 10.8. The van der Waals surface area contributed by atoms with E-state index in [0.29, 0.717) is 17.2 Å². The standard InChI is InChI=1S/C25H32N6O2/c1-24(2,3)18-6-8-20(9-7-18)31-22(32)25(4,5)30(23(31)33)16-17-11-13-28-21(14-17)29-19(15-27)10-12-26/h6-15H,16,26-27H2,1-5H3,(H,28,29)/b12-10-,19-15+. The first-order valence-corrected chi connectivity index (χ1v) is 10.8. The molecule has 1 aliphatic rings. The highest BCUT2D eigenvalue weighted by atomic mass is 16.2. The minimum absolute atomic E-state index is 0.0190. The van der Waals surface area contributed by atoms with E-state index in [1.807, 2.05) is 36.4 Å². The fraction of sp³-hybridized carbons (Fsp3) is 0.320. The molecule has 0 saturated carbocycles. The molecule has 1 aromatic heterocycles. The second-order valence-electron chi connectivity index (χ2n) is 9.52. The zero-order valence-corrected chi connectivity index (χ0v) is 19.8. The number of rotatable bonds is 6. The lowest BCUT2D eigenvalue weighted by molar-refractivity contribution is -0.123. The van der Waals surface area contributed by atoms with Crippen LogP contribution in [0.15, 0.2) is 66.8 Å². The number of nitrogens with two attached hydrogens (primary N) is 2. The number of aromatic nitrogens is 1. The third-order valence-electron chi connectivity index (χ3n) is 5.71. The minimum atomic E-state index is -0.999. The van der Waals surface area contributed by atoms with Crippen LogP contribution in [-0.4, -0.2) is 27.4 Å². The first-order chi connectivity index (χ1) is 15.5. The molecule has 0 unspecified atom stereocenters. The van der Waals surface area contributed by atoms with Gasteiger partial charge in [-0.05, 0) is 66.9 Å². The minimum Gasteiger partial charge on any atom is -0.405 e. The third-order valence-corrected chi connectivity index (χ3v) is 5.71. The summed E-state index contributed by atoms with van der Waals surface area (Å²) >= 11 is 0. The Kier molecular flexibility index (Phi) is 6.48. The van der Waals surface area contributed by atoms with Gasteiger partial charge < -0.3 is 21.7 Å². The highest BCUT2D eigenvalue weighted by Gasteiger charge is 2.51. The summed E-state index contributed by atoms with van der Waals surface area (Å²) < 4.78 is 0. The van der Waals surface area contributed by atoms with Crippen LogP contribution < -0.4 is 21.7 Å². The van der Waals surface area contributed by atoms with Gasteiger partial charge in [-0.2, -0.15) is 0 Å². The topological polar surface area (TPSA) is 118 Å². The second kappa shape index (κ2) is 8.97. The number of urea groups is 1. The van der Waals surface area contributed by atoms with Crippen LogP contribution in [0.4, 0.5) is 16.3 Å². The van der Waals surface area contributed by atoms with Gasteiger partial charge in [-0.1, -0.05) is 32.9 Å². The van der Waals surface area contributed by atoms with Crippen LogP contribution in [0.2, 0.25) is 0 Å². The number of allylic oxidation sites excluding steroid dienone is 1. The lowest BCUT2D eigenvalue weighted by Crippen LogP contribution is -2.43. The Hall–Kier alpha value is -3.81. The van der Waals surface area contributed by atoms with E-state index >= 15 is 0 Å². The largest absolute Gasteiger partial charge is 0.405 e. The maximum Gasteiger partial charge on any atom is 0.332 e. The number of benzene rings is 1. The van der Waals surface area contributed by atoms with Crippen molar-refractivity contribution in [2.45, 2.75) is 52.1 Å². The zero-order valence-electron chi connectivity index (χ0n) is 19.8. The molecule has 0 spiro atoms. The summed E-state index contributed by atoms with van der Waals surface area (Å²) in [7, 11) is 0. The SMILES string of the molecule is CC(C)(C)c1ccc(N2C(=O)N(Cc3ccnc(NC(/C=C\N)=C/N)c3)C(C)(C)C2=O)cc1. The second-order valence-corrected chi connectivity index (χ2v) is 9.52. The van der Waals surface area contributed by atoms with Gasteiger partial charge in [-0.25, -0.2) is 14.7 Å². The Morgan fingerprint density at radius 2 is 1.79 bits per heavy atom. The van der Waals surface area contributed by atoms with Crippen molar-refractivity contribution in [3.63, 3.8) is 0 Å². The average Bonchev–Trinajstić information content (AvgIpc) is 2.92. The lowest BCUT2D eigenvalue weighted by atomic mass is 9.87. The van der Waals surface area contributed by atoms with E-state index in [1.165, 1.54) is 17.3 Å². The smallest absolute Gasteiger partial charge is 0.332 e. The molecule has 2 aromatic rings. The number of nitrogens with one attached hydrogen (secondary N) is 1. The van der Waals surface area contributed by atoms with Crippen LogP contribution in [0.1, 0.15) is 45.7 Å². The summed E-state index contributed by atoms with van der Waals surface area (Å²) in [5.74, 6) is 0.289. The predicted octanol–water partition coefficient (Wildman–Crippen LogP) is 3.81. The van der Waals surface area contributed by atoms with Crippen LogP contribution in [-0.2, 0) is 16.8 Å². The van der Waals surface area contributed by atoms with Crippen LogP contribution in [0.3, 0.4) is 0 Å². The van der Waals surface area contributed by atoms with Gasteiger partial charge in [0.25, 0.3) is 5.91 Å². The van der Waals surface area contributed by atoms with Gasteiger partial charge in [0.05, 0.1) is 11.4 Å². The predicted molar refractivity (Wildman–Crippen MR) is 131 cm³/mol. The molecule has 1 aliphatic heterocycles. The van der Waals surface area contributed by atoms with Gasteiger partial charge >= 0.3 is 6.03 Å². The molecule has 2 heterocycles. The Morgan fingerprint density at radius 3 is 2.36 bits per heavy atom. The molecule has 8 heteroatoms. The van der Waals surface area contributed by atoms with Crippen molar-refractivity contribution in [3.8, 4) is 0 Å². The normalized spacial score (nSPS) is 16.7. The van der Waals surface area contributed by atoms with E-state index in [0.717, 1.165) is 11.1 Å². The molecule has 1 saturated heterocycles. The number of nitrogens with zero attached hydrogens (tertiary/aromatic N) is 3. The van der Waals surface area contributed by atoms with Crippen LogP contribution >= 0.6 is 0 Å². The zero-order chi connectivity index (χ0) is 24.4. The molecule has 8 nitrogen and oxygen atoms in total. The average molecular weight is 449 g/mol. The van der Waals surface area contributed by atoms with Gasteiger partial charge in [0.1, 0.15) is 11.4 Å². The lowest BCUT2D eigenvalue weighted by Gasteiger charge is -2.27. The van der Waals surface area contributed by atoms with E-state index in [9.17, 15) is 9.59 Å². The van der Waals surface area contributed by atoms with Gasteiger partial charge in [-0.3, -0.25) is 4.79 Å². The highest BCUT2D eigenvalue weighted by Crippen LogP contribution is 2.34. The molecular weight excluding hydrogens is 416 g/mol. The van der Waals surface area contributed by atoms with Crippen molar-refractivity contribution in [2.24, 2.45) is 11.5 Å². The van der Waals surface area contributed by atoms with Gasteiger partial charge in [0.15, 0.2) is 0 Å². The quantitative estimate of drug-likeness (QED) is 0.457. The van der Waals surface area contributed by atoms with Crippen molar-refractivity contribution in [1.82, 2.24) is 9.88 Å². The fourth-order valence-electron chi connectivity index (χ4n) is 3.65. The molecule has 0 radical (unpaired) electrons. The number of carbonyl (C=O) groups excluding carboxylic acids is 2. The van der Waals surface area contributed by atoms with Crippen LogP contribution in [0, 0.1) is 0 Å². The molecule has 3 rings (SSSR count). The molecular formula is C25H32N6O2. The summed E-state index contributed by atoms with van der Waals surface area (Å²) in [5.41, 5.74) is 13.1. The summed E-state index contributed by atoms with van der Waals surface area (Å²) in [6, 6.07) is 10.8. The number of hydrogen-bond donors (Lipinski definition) is 3. The number of anilines is 2. The number of amides is 3. The molecule has 0 bridgehead atoms. The van der Waals surface area contributed by atoms with Gasteiger partial charge in [-0.15, -0.1) is 0 Å². The van der Waals surface area contributed by atoms with E-state index in [-0.39, 0.29) is 23.9 Å². The van der Waals surface area contributed by atoms with E-state index in [4.69, 9.17) is 11.5 Å². The maximum atomic E-state index is 13.4. The van der Waals surface area contributed by atoms with Crippen molar-refractivity contribution in [1.29, 1.82) is 0 Å². The number of carbonyl (C=O) groups is 2. The molecule has 3 amide bonds. The summed E-state index contributed by atoms with van der Waals surface area (Å²) in [5, 5.41) is 3.06. The highest BCUT2D eigenvalue weighted by molar-refractivity contribution is 6.22. The van der Waals surface area contributed by atoms with Crippen molar-refractivity contribution in [2.75, 3.05) is 10.2 Å². The number of imide groups is 1. The molecule has 0 aliphatic carbocycles. The molecule has 0 atom stereocenters. The molecule has 174 valence electrons. The molecule has 5 N–H and O–H groups in total. The Balaban J connectivity index is 1.85. The maximum absolute atomic E-state index is 13.4. The van der Waals surface area contributed by atoms with Crippen LogP contribution in [0.5, 0.6) is 0 Å². The van der Waals surface area contributed by atoms with E-state index < -0.39 is 5.54 Å². The monoisotopic (exact) mass is 448 g/mol. The Morgan fingerprint density at radius 1 is 1.12 bits per heavy atom. The molecule has 33 heavy (non-hydrogen) atoms. The van der Waals surface area contributed by atoms with Crippen molar-refractivity contribution in [3.05, 3.63) is 77.9 Å². The molecule has 1 aromatic carbocycles. The number of hydrogen-bond acceptors (Lipinski definition) is 6. The van der Waals surface area contributed by atoms with Gasteiger partial charge in [0, 0.05) is 18.9 Å². The summed E-state index contributed by atoms with van der Waals surface area (Å²) in [4.78, 5) is 33.7. The van der Waals surface area contributed by atoms with Crippen molar-refractivity contribution >= 4 is 23.4 Å². The number of pyridine rings is 1. The third kappa shape index (κ3) is 4.84. The fourth-order valence-corrected chi connectivity index (χ4v) is 3.65. The Labute approximate surface area is 195 Å². The van der Waals surface area contributed by atoms with E-state index in [1.54, 1.807) is 31.0 Å². The Bertz CT molecular complexity index is 1100. The van der Waals surface area contributed by atoms with Crippen molar-refractivity contribution < 1.29 is 9.59 Å². The van der Waals surface area contributed by atoms with E-state index in [2.05, 4.69) is 31.1 Å². The summed E-state index contributed by atoms with van der Waals surface area (Å²) in [6.45, 7) is 10.1. The van der Waals surface area contributed by atoms with Crippen LogP contribution in [0.25, 0.3) is 0 Å².